The van der Waals surface area contributed by atoms with Gasteiger partial charge in [0.05, 0.1) is 4.90 Å². The summed E-state index contributed by atoms with van der Waals surface area (Å²) in [5.74, 6) is -0.596. The minimum atomic E-state index is -3.68. The van der Waals surface area contributed by atoms with Gasteiger partial charge in [-0.15, -0.1) is 10.2 Å². The van der Waals surface area contributed by atoms with Gasteiger partial charge in [-0.2, -0.15) is 0 Å². The summed E-state index contributed by atoms with van der Waals surface area (Å²) in [6.07, 6.45) is 0.0961. The van der Waals surface area contributed by atoms with E-state index in [1.165, 1.54) is 22.7 Å². The molecule has 7 nitrogen and oxygen atoms in total. The summed E-state index contributed by atoms with van der Waals surface area (Å²) in [4.78, 5) is 13.1. The van der Waals surface area contributed by atoms with Crippen LogP contribution in [0, 0.1) is 0 Å². The molecule has 0 radical (unpaired) electrons. The van der Waals surface area contributed by atoms with Crippen molar-refractivity contribution in [1.82, 2.24) is 14.5 Å². The molecule has 1 atom stereocenters. The summed E-state index contributed by atoms with van der Waals surface area (Å²) in [5.41, 5.74) is 1.81. The highest BCUT2D eigenvalue weighted by Gasteiger charge is 2.26. The second-order valence-corrected chi connectivity index (χ2v) is 10.8. The molecule has 0 aliphatic heterocycles. The number of anilines is 1. The van der Waals surface area contributed by atoms with Crippen molar-refractivity contribution in [3.05, 3.63) is 96.6 Å². The van der Waals surface area contributed by atoms with Gasteiger partial charge in [-0.05, 0) is 17.7 Å². The van der Waals surface area contributed by atoms with E-state index in [9.17, 15) is 13.2 Å². The fourth-order valence-corrected chi connectivity index (χ4v) is 5.56. The molecule has 4 rings (SSSR count). The van der Waals surface area contributed by atoms with E-state index in [0.717, 1.165) is 11.1 Å². The number of carbonyl (C=O) groups is 1. The number of nitrogens with one attached hydrogen (secondary N) is 1. The van der Waals surface area contributed by atoms with E-state index in [4.69, 9.17) is 0 Å². The SMILES string of the molecule is CN(C[C@H](CC(=O)Nc1nnc(-c2ccccc2)s1)c1ccccc1)S(=O)(=O)c1ccccc1. The zero-order valence-corrected chi connectivity index (χ0v) is 20.2. The van der Waals surface area contributed by atoms with E-state index in [2.05, 4.69) is 15.5 Å². The maximum absolute atomic E-state index is 13.0. The maximum atomic E-state index is 13.0. The Morgan fingerprint density at radius 3 is 2.15 bits per heavy atom. The van der Waals surface area contributed by atoms with Crippen molar-refractivity contribution < 1.29 is 13.2 Å². The maximum Gasteiger partial charge on any atom is 0.242 e. The van der Waals surface area contributed by atoms with E-state index in [0.29, 0.717) is 10.1 Å². The number of rotatable bonds is 9. The Morgan fingerprint density at radius 1 is 0.912 bits per heavy atom. The monoisotopic (exact) mass is 492 g/mol. The van der Waals surface area contributed by atoms with E-state index in [1.807, 2.05) is 60.7 Å². The Morgan fingerprint density at radius 2 is 1.50 bits per heavy atom. The Bertz CT molecular complexity index is 1330. The van der Waals surface area contributed by atoms with Crippen LogP contribution in [0.3, 0.4) is 0 Å². The lowest BCUT2D eigenvalue weighted by molar-refractivity contribution is -0.116. The third kappa shape index (κ3) is 5.74. The average molecular weight is 493 g/mol. The van der Waals surface area contributed by atoms with Gasteiger partial charge in [-0.3, -0.25) is 4.79 Å². The van der Waals surface area contributed by atoms with Crippen LogP contribution in [0.5, 0.6) is 0 Å². The fraction of sp³-hybridized carbons (Fsp3) is 0.160. The van der Waals surface area contributed by atoms with Crippen LogP contribution in [0.25, 0.3) is 10.6 Å². The molecular formula is C25H24N4O3S2. The van der Waals surface area contributed by atoms with Gasteiger partial charge in [-0.1, -0.05) is 90.2 Å². The second-order valence-electron chi connectivity index (χ2n) is 7.74. The van der Waals surface area contributed by atoms with Gasteiger partial charge in [0.25, 0.3) is 0 Å². The molecule has 0 fully saturated rings. The first-order valence-electron chi connectivity index (χ1n) is 10.7. The topological polar surface area (TPSA) is 92.3 Å². The molecule has 0 unspecified atom stereocenters. The summed E-state index contributed by atoms with van der Waals surface area (Å²) >= 11 is 1.29. The molecule has 174 valence electrons. The van der Waals surface area contributed by atoms with Crippen molar-refractivity contribution in [2.75, 3.05) is 18.9 Å². The van der Waals surface area contributed by atoms with Crippen molar-refractivity contribution in [1.29, 1.82) is 0 Å². The molecule has 1 N–H and O–H groups in total. The number of likely N-dealkylation sites (N-methyl/N-ethyl adjacent to an activating group) is 1. The largest absolute Gasteiger partial charge is 0.301 e. The lowest BCUT2D eigenvalue weighted by Crippen LogP contribution is -2.32. The second kappa shape index (κ2) is 10.7. The average Bonchev–Trinajstić information content (AvgIpc) is 3.33. The number of sulfonamides is 1. The molecule has 0 aliphatic carbocycles. The third-order valence-electron chi connectivity index (χ3n) is 5.32. The van der Waals surface area contributed by atoms with Crippen LogP contribution in [0.15, 0.2) is 95.9 Å². The van der Waals surface area contributed by atoms with Crippen LogP contribution >= 0.6 is 11.3 Å². The predicted octanol–water partition coefficient (Wildman–Crippen LogP) is 4.64. The highest BCUT2D eigenvalue weighted by molar-refractivity contribution is 7.89. The molecule has 1 aromatic heterocycles. The standard InChI is InChI=1S/C25H24N4O3S2/c1-29(34(31,32)22-15-9-4-10-16-22)18-21(19-11-5-2-6-12-19)17-23(30)26-25-28-27-24(33-25)20-13-7-3-8-14-20/h2-16,21H,17-18H2,1H3,(H,26,28,30)/t21-/m0/s1. The molecule has 3 aromatic carbocycles. The molecule has 4 aromatic rings. The first-order chi connectivity index (χ1) is 16.4. The summed E-state index contributed by atoms with van der Waals surface area (Å²) in [6, 6.07) is 27.3. The normalized spacial score (nSPS) is 12.4. The van der Waals surface area contributed by atoms with Crippen LogP contribution in [-0.4, -0.2) is 42.4 Å². The Kier molecular flexibility index (Phi) is 7.46. The molecule has 0 spiro atoms. The number of amides is 1. The fourth-order valence-electron chi connectivity index (χ4n) is 3.56. The minimum absolute atomic E-state index is 0.0961. The Balaban J connectivity index is 1.49. The number of nitrogens with zero attached hydrogens (tertiary/aromatic N) is 3. The van der Waals surface area contributed by atoms with Gasteiger partial charge < -0.3 is 5.32 Å². The lowest BCUT2D eigenvalue weighted by atomic mass is 9.95. The van der Waals surface area contributed by atoms with E-state index in [1.54, 1.807) is 30.3 Å². The van der Waals surface area contributed by atoms with Crippen molar-refractivity contribution >= 4 is 32.4 Å². The number of aromatic nitrogens is 2. The molecule has 9 heteroatoms. The molecular weight excluding hydrogens is 468 g/mol. The smallest absolute Gasteiger partial charge is 0.242 e. The van der Waals surface area contributed by atoms with Crippen molar-refractivity contribution in [3.8, 4) is 10.6 Å². The van der Waals surface area contributed by atoms with E-state index >= 15 is 0 Å². The number of carbonyl (C=O) groups excluding carboxylic acids is 1. The summed E-state index contributed by atoms with van der Waals surface area (Å²) in [7, 11) is -2.15. The first-order valence-corrected chi connectivity index (χ1v) is 12.9. The summed E-state index contributed by atoms with van der Waals surface area (Å²) < 4.78 is 27.3. The van der Waals surface area contributed by atoms with E-state index in [-0.39, 0.29) is 29.7 Å². The zero-order valence-electron chi connectivity index (χ0n) is 18.5. The minimum Gasteiger partial charge on any atom is -0.301 e. The van der Waals surface area contributed by atoms with Crippen LogP contribution in [0.2, 0.25) is 0 Å². The highest BCUT2D eigenvalue weighted by Crippen LogP contribution is 2.28. The van der Waals surface area contributed by atoms with Crippen LogP contribution in [-0.2, 0) is 14.8 Å². The molecule has 0 saturated heterocycles. The Hall–Kier alpha value is -3.40. The summed E-state index contributed by atoms with van der Waals surface area (Å²) in [5, 5.41) is 12.2. The highest BCUT2D eigenvalue weighted by atomic mass is 32.2. The predicted molar refractivity (Wildman–Crippen MR) is 134 cm³/mol. The number of hydrogen-bond donors (Lipinski definition) is 1. The zero-order chi connectivity index (χ0) is 24.0. The molecule has 0 aliphatic rings. The lowest BCUT2D eigenvalue weighted by Gasteiger charge is -2.24. The van der Waals surface area contributed by atoms with Gasteiger partial charge in [-0.25, -0.2) is 12.7 Å². The quantitative estimate of drug-likeness (QED) is 0.368. The van der Waals surface area contributed by atoms with Gasteiger partial charge in [0.1, 0.15) is 5.01 Å². The number of hydrogen-bond acceptors (Lipinski definition) is 6. The van der Waals surface area contributed by atoms with Crippen molar-refractivity contribution in [3.63, 3.8) is 0 Å². The van der Waals surface area contributed by atoms with Crippen molar-refractivity contribution in [2.45, 2.75) is 17.2 Å². The van der Waals surface area contributed by atoms with Gasteiger partial charge in [0.2, 0.25) is 21.1 Å². The molecule has 1 amide bonds. The Labute approximate surface area is 203 Å². The number of benzene rings is 3. The molecule has 0 saturated carbocycles. The third-order valence-corrected chi connectivity index (χ3v) is 8.05. The van der Waals surface area contributed by atoms with Crippen LogP contribution < -0.4 is 5.32 Å². The van der Waals surface area contributed by atoms with Crippen LogP contribution in [0.1, 0.15) is 17.9 Å². The first kappa shape index (κ1) is 23.7. The van der Waals surface area contributed by atoms with E-state index < -0.39 is 10.0 Å². The molecule has 1 heterocycles. The van der Waals surface area contributed by atoms with Crippen LogP contribution in [0.4, 0.5) is 5.13 Å². The van der Waals surface area contributed by atoms with Gasteiger partial charge in [0, 0.05) is 31.5 Å². The molecule has 34 heavy (non-hydrogen) atoms. The van der Waals surface area contributed by atoms with Gasteiger partial charge in [0.15, 0.2) is 0 Å². The van der Waals surface area contributed by atoms with Gasteiger partial charge >= 0.3 is 0 Å². The summed E-state index contributed by atoms with van der Waals surface area (Å²) in [6.45, 7) is 0.153. The van der Waals surface area contributed by atoms with Crippen molar-refractivity contribution in [2.24, 2.45) is 0 Å². The molecule has 0 bridgehead atoms.